The quantitative estimate of drug-likeness (QED) is 0.722. The number of hydrogen-bond acceptors (Lipinski definition) is 4. The lowest BCUT2D eigenvalue weighted by Crippen LogP contribution is -2.00. The number of aryl methyl sites for hydroxylation is 2. The van der Waals surface area contributed by atoms with E-state index in [0.29, 0.717) is 12.0 Å². The number of aromatic nitrogens is 2. The normalized spacial score (nSPS) is 11.1. The van der Waals surface area contributed by atoms with Crippen LogP contribution in [0.5, 0.6) is 0 Å². The molecule has 0 fully saturated rings. The number of anilines is 1. The topological polar surface area (TPSA) is 84.9 Å². The number of halogens is 1. The average Bonchev–Trinajstić information content (AvgIpc) is 2.86. The molecule has 0 aliphatic rings. The zero-order valence-corrected chi connectivity index (χ0v) is 11.2. The lowest BCUT2D eigenvalue weighted by atomic mass is 10.0. The maximum absolute atomic E-state index is 14.2. The van der Waals surface area contributed by atoms with E-state index in [1.807, 2.05) is 12.1 Å². The Morgan fingerprint density at radius 2 is 2.24 bits per heavy atom. The average molecular weight is 287 g/mol. The van der Waals surface area contributed by atoms with Gasteiger partial charge < -0.3 is 10.2 Å². The summed E-state index contributed by atoms with van der Waals surface area (Å²) in [5, 5.41) is 0. The van der Waals surface area contributed by atoms with Crippen molar-refractivity contribution in [3.63, 3.8) is 0 Å². The fraction of sp³-hybridized carbons (Fsp3) is 0.200. The van der Waals surface area contributed by atoms with Crippen molar-refractivity contribution in [2.24, 2.45) is 0 Å². The summed E-state index contributed by atoms with van der Waals surface area (Å²) < 4.78 is 19.1. The van der Waals surface area contributed by atoms with Gasteiger partial charge in [-0.3, -0.25) is 9.97 Å². The first kappa shape index (κ1) is 13.4. The minimum atomic E-state index is -0.636. The molecule has 1 aromatic carbocycles. The van der Waals surface area contributed by atoms with Crippen LogP contribution in [0.4, 0.5) is 10.1 Å². The van der Waals surface area contributed by atoms with Crippen LogP contribution in [-0.2, 0) is 12.8 Å². The lowest BCUT2D eigenvalue weighted by Gasteiger charge is -2.06. The van der Waals surface area contributed by atoms with Crippen LogP contribution >= 0.6 is 0 Å². The highest BCUT2D eigenvalue weighted by Crippen LogP contribution is 2.26. The first-order chi connectivity index (χ1) is 10.1. The summed E-state index contributed by atoms with van der Waals surface area (Å²) in [7, 11) is 0. The summed E-state index contributed by atoms with van der Waals surface area (Å²) >= 11 is 0. The van der Waals surface area contributed by atoms with Crippen LogP contribution in [0.2, 0.25) is 0 Å². The van der Waals surface area contributed by atoms with Crippen molar-refractivity contribution in [2.45, 2.75) is 19.3 Å². The number of rotatable bonds is 4. The SMILES string of the molecule is Nc1c(F)c(CCCc2cccnc2)cc2oc(=O)[nH]c12. The van der Waals surface area contributed by atoms with Crippen molar-refractivity contribution in [3.8, 4) is 0 Å². The summed E-state index contributed by atoms with van der Waals surface area (Å²) in [5.74, 6) is -1.13. The number of benzene rings is 1. The van der Waals surface area contributed by atoms with Gasteiger partial charge in [0.15, 0.2) is 11.4 Å². The number of nitrogens with two attached hydrogens (primary N) is 1. The van der Waals surface area contributed by atoms with Crippen LogP contribution in [-0.4, -0.2) is 9.97 Å². The highest BCUT2D eigenvalue weighted by Gasteiger charge is 2.14. The molecule has 3 aromatic rings. The first-order valence-electron chi connectivity index (χ1n) is 6.63. The van der Waals surface area contributed by atoms with Gasteiger partial charge in [-0.2, -0.15) is 0 Å². The van der Waals surface area contributed by atoms with Gasteiger partial charge in [-0.05, 0) is 42.5 Å². The van der Waals surface area contributed by atoms with E-state index in [0.717, 1.165) is 18.4 Å². The second kappa shape index (κ2) is 5.40. The molecule has 21 heavy (non-hydrogen) atoms. The molecule has 5 nitrogen and oxygen atoms in total. The molecular formula is C15H14FN3O2. The van der Waals surface area contributed by atoms with E-state index in [1.165, 1.54) is 6.07 Å². The van der Waals surface area contributed by atoms with Gasteiger partial charge in [0.25, 0.3) is 0 Å². The lowest BCUT2D eigenvalue weighted by molar-refractivity contribution is 0.553. The molecule has 6 heteroatoms. The van der Waals surface area contributed by atoms with Gasteiger partial charge >= 0.3 is 5.76 Å². The molecule has 0 saturated heterocycles. The van der Waals surface area contributed by atoms with Gasteiger partial charge in [-0.1, -0.05) is 6.07 Å². The summed E-state index contributed by atoms with van der Waals surface area (Å²) in [4.78, 5) is 17.6. The van der Waals surface area contributed by atoms with Crippen LogP contribution in [0.25, 0.3) is 11.1 Å². The van der Waals surface area contributed by atoms with E-state index in [9.17, 15) is 9.18 Å². The van der Waals surface area contributed by atoms with E-state index in [2.05, 4.69) is 9.97 Å². The van der Waals surface area contributed by atoms with Crippen LogP contribution < -0.4 is 11.5 Å². The molecule has 0 bridgehead atoms. The smallest absolute Gasteiger partial charge is 0.408 e. The monoisotopic (exact) mass is 287 g/mol. The second-order valence-corrected chi connectivity index (χ2v) is 4.87. The predicted molar refractivity (Wildman–Crippen MR) is 77.5 cm³/mol. The summed E-state index contributed by atoms with van der Waals surface area (Å²) in [6.45, 7) is 0. The number of nitrogen functional groups attached to an aromatic ring is 1. The number of aromatic amines is 1. The Hall–Kier alpha value is -2.63. The minimum absolute atomic E-state index is 0.0743. The molecule has 0 saturated carbocycles. The van der Waals surface area contributed by atoms with Crippen molar-refractivity contribution in [3.05, 3.63) is 58.1 Å². The molecule has 108 valence electrons. The number of pyridine rings is 1. The third kappa shape index (κ3) is 2.65. The van der Waals surface area contributed by atoms with Gasteiger partial charge in [-0.25, -0.2) is 9.18 Å². The van der Waals surface area contributed by atoms with E-state index in [-0.39, 0.29) is 16.8 Å². The Morgan fingerprint density at radius 3 is 3.00 bits per heavy atom. The Balaban J connectivity index is 1.80. The molecular weight excluding hydrogens is 273 g/mol. The van der Waals surface area contributed by atoms with Crippen LogP contribution in [0.1, 0.15) is 17.5 Å². The summed E-state index contributed by atoms with van der Waals surface area (Å²) in [5.41, 5.74) is 7.68. The van der Waals surface area contributed by atoms with Crippen LogP contribution in [0.3, 0.4) is 0 Å². The highest BCUT2D eigenvalue weighted by atomic mass is 19.1. The summed E-state index contributed by atoms with van der Waals surface area (Å²) in [6.07, 6.45) is 5.56. The number of hydrogen-bond donors (Lipinski definition) is 2. The van der Waals surface area contributed by atoms with Crippen molar-refractivity contribution < 1.29 is 8.81 Å². The maximum Gasteiger partial charge on any atom is 0.417 e. The fourth-order valence-electron chi connectivity index (χ4n) is 2.36. The predicted octanol–water partition coefficient (Wildman–Crippen LogP) is 2.41. The largest absolute Gasteiger partial charge is 0.417 e. The van der Waals surface area contributed by atoms with Gasteiger partial charge in [0.2, 0.25) is 0 Å². The van der Waals surface area contributed by atoms with Crippen LogP contribution in [0, 0.1) is 5.82 Å². The molecule has 0 aliphatic heterocycles. The number of nitrogens with one attached hydrogen (secondary N) is 1. The van der Waals surface area contributed by atoms with Gasteiger partial charge in [0.05, 0.1) is 5.69 Å². The Labute approximate surface area is 119 Å². The van der Waals surface area contributed by atoms with Crippen molar-refractivity contribution in [1.82, 2.24) is 9.97 Å². The number of nitrogens with zero attached hydrogens (tertiary/aromatic N) is 1. The number of oxazole rings is 1. The van der Waals surface area contributed by atoms with Gasteiger partial charge in [-0.15, -0.1) is 0 Å². The molecule has 0 amide bonds. The van der Waals surface area contributed by atoms with Crippen molar-refractivity contribution in [1.29, 1.82) is 0 Å². The molecule has 0 spiro atoms. The Morgan fingerprint density at radius 1 is 1.38 bits per heavy atom. The van der Waals surface area contributed by atoms with Gasteiger partial charge in [0, 0.05) is 12.4 Å². The highest BCUT2D eigenvalue weighted by molar-refractivity contribution is 5.86. The van der Waals surface area contributed by atoms with E-state index in [1.54, 1.807) is 12.4 Å². The zero-order chi connectivity index (χ0) is 14.8. The van der Waals surface area contributed by atoms with Crippen molar-refractivity contribution >= 4 is 16.8 Å². The standard InChI is InChI=1S/C15H14FN3O2/c16-12-10(5-1-3-9-4-2-6-18-8-9)7-11-14(13(12)17)19-15(20)21-11/h2,4,6-8H,1,3,5,17H2,(H,19,20). The molecule has 3 N–H and O–H groups in total. The Bertz CT molecular complexity index is 824. The maximum atomic E-state index is 14.2. The molecule has 0 radical (unpaired) electrons. The molecule has 2 aromatic heterocycles. The minimum Gasteiger partial charge on any atom is -0.408 e. The molecule has 2 heterocycles. The third-order valence-corrected chi connectivity index (χ3v) is 3.40. The number of H-pyrrole nitrogens is 1. The van der Waals surface area contributed by atoms with Crippen molar-refractivity contribution in [2.75, 3.05) is 5.73 Å². The summed E-state index contributed by atoms with van der Waals surface area (Å²) in [6, 6.07) is 5.38. The van der Waals surface area contributed by atoms with E-state index in [4.69, 9.17) is 10.2 Å². The zero-order valence-electron chi connectivity index (χ0n) is 11.2. The van der Waals surface area contributed by atoms with Crippen LogP contribution in [0.15, 0.2) is 39.8 Å². The van der Waals surface area contributed by atoms with E-state index >= 15 is 0 Å². The fourth-order valence-corrected chi connectivity index (χ4v) is 2.36. The van der Waals surface area contributed by atoms with Gasteiger partial charge in [0.1, 0.15) is 5.52 Å². The third-order valence-electron chi connectivity index (χ3n) is 3.40. The Kier molecular flexibility index (Phi) is 3.43. The second-order valence-electron chi connectivity index (χ2n) is 4.87. The molecule has 0 atom stereocenters. The first-order valence-corrected chi connectivity index (χ1v) is 6.63. The molecule has 0 unspecified atom stereocenters. The number of fused-ring (bicyclic) bond motifs is 1. The molecule has 3 rings (SSSR count). The van der Waals surface area contributed by atoms with E-state index < -0.39 is 11.6 Å². The molecule has 0 aliphatic carbocycles.